The number of aromatic nitrogens is 1. The van der Waals surface area contributed by atoms with Crippen LogP contribution in [0.15, 0.2) is 91.0 Å². The summed E-state index contributed by atoms with van der Waals surface area (Å²) >= 11 is 0. The minimum Gasteiger partial charge on any atom is -0.388 e. The van der Waals surface area contributed by atoms with Crippen molar-refractivity contribution < 1.29 is 27.9 Å². The average Bonchev–Trinajstić information content (AvgIpc) is 2.91. The van der Waals surface area contributed by atoms with Gasteiger partial charge in [0.05, 0.1) is 11.7 Å². The third kappa shape index (κ3) is 7.30. The second-order valence-electron chi connectivity index (χ2n) is 8.95. The summed E-state index contributed by atoms with van der Waals surface area (Å²) in [4.78, 5) is 28.7. The highest BCUT2D eigenvalue weighted by molar-refractivity contribution is 6.09. The van der Waals surface area contributed by atoms with E-state index in [-0.39, 0.29) is 11.5 Å². The number of rotatable bonds is 8. The molecule has 0 fully saturated rings. The lowest BCUT2D eigenvalue weighted by Crippen LogP contribution is -2.15. The van der Waals surface area contributed by atoms with Gasteiger partial charge in [0.25, 0.3) is 5.91 Å². The Hall–Kier alpha value is -4.50. The minimum absolute atomic E-state index is 0.103. The summed E-state index contributed by atoms with van der Waals surface area (Å²) in [7, 11) is 0. The molecule has 0 saturated carbocycles. The Morgan fingerprint density at radius 1 is 0.897 bits per heavy atom. The number of halogens is 3. The molecule has 1 heterocycles. The van der Waals surface area contributed by atoms with E-state index in [0.29, 0.717) is 46.7 Å². The van der Waals surface area contributed by atoms with Crippen LogP contribution >= 0.6 is 0 Å². The lowest BCUT2D eigenvalue weighted by molar-refractivity contribution is -0.137. The number of nitrogens with one attached hydrogen (secondary N) is 2. The molecule has 0 spiro atoms. The van der Waals surface area contributed by atoms with Crippen molar-refractivity contribution >= 4 is 23.3 Å². The van der Waals surface area contributed by atoms with Crippen LogP contribution in [0.4, 0.5) is 24.7 Å². The van der Waals surface area contributed by atoms with Gasteiger partial charge in [-0.1, -0.05) is 54.6 Å². The number of carbonyl (C=O) groups is 2. The Morgan fingerprint density at radius 3 is 2.28 bits per heavy atom. The number of hydrogen-bond acceptors (Lipinski definition) is 4. The largest absolute Gasteiger partial charge is 0.416 e. The number of carbonyl (C=O) groups excluding carboxylic acids is 2. The SMILES string of the molecule is CC(=O)Nc1cccc(CCC(O)c2ccc(NC(=O)c3cc(C(F)(F)F)ccc3-c3ccccc3)cc2)n1. The molecule has 3 aromatic carbocycles. The molecule has 9 heteroatoms. The third-order valence-corrected chi connectivity index (χ3v) is 6.01. The fraction of sp³-hybridized carbons (Fsp3) is 0.167. The first-order chi connectivity index (χ1) is 18.6. The fourth-order valence-corrected chi connectivity index (χ4v) is 4.08. The van der Waals surface area contributed by atoms with E-state index in [0.717, 1.165) is 12.1 Å². The minimum atomic E-state index is -4.59. The first kappa shape index (κ1) is 27.5. The molecule has 0 aliphatic rings. The van der Waals surface area contributed by atoms with E-state index in [1.165, 1.54) is 13.0 Å². The number of amides is 2. The maximum absolute atomic E-state index is 13.4. The van der Waals surface area contributed by atoms with E-state index >= 15 is 0 Å². The number of anilines is 2. The molecule has 0 radical (unpaired) electrons. The Kier molecular flexibility index (Phi) is 8.41. The molecule has 0 saturated heterocycles. The highest BCUT2D eigenvalue weighted by Crippen LogP contribution is 2.34. The maximum atomic E-state index is 13.4. The van der Waals surface area contributed by atoms with E-state index in [9.17, 15) is 27.9 Å². The zero-order valence-corrected chi connectivity index (χ0v) is 21.0. The first-order valence-electron chi connectivity index (χ1n) is 12.2. The summed E-state index contributed by atoms with van der Waals surface area (Å²) in [5.74, 6) is -0.472. The van der Waals surface area contributed by atoms with Crippen LogP contribution in [0.25, 0.3) is 11.1 Å². The molecule has 1 atom stereocenters. The predicted octanol–water partition coefficient (Wildman–Crippen LogP) is 6.64. The highest BCUT2D eigenvalue weighted by atomic mass is 19.4. The Balaban J connectivity index is 1.46. The van der Waals surface area contributed by atoms with Gasteiger partial charge in [0, 0.05) is 23.9 Å². The lowest BCUT2D eigenvalue weighted by atomic mass is 9.96. The Bertz CT molecular complexity index is 1460. The van der Waals surface area contributed by atoms with Gasteiger partial charge >= 0.3 is 6.18 Å². The van der Waals surface area contributed by atoms with Crippen LogP contribution in [-0.4, -0.2) is 21.9 Å². The van der Waals surface area contributed by atoms with Crippen molar-refractivity contribution in [3.8, 4) is 11.1 Å². The zero-order chi connectivity index (χ0) is 28.0. The van der Waals surface area contributed by atoms with Crippen molar-refractivity contribution in [3.63, 3.8) is 0 Å². The van der Waals surface area contributed by atoms with Gasteiger partial charge in [0.1, 0.15) is 5.82 Å². The second kappa shape index (κ2) is 11.9. The van der Waals surface area contributed by atoms with Gasteiger partial charge in [-0.25, -0.2) is 4.98 Å². The number of benzene rings is 3. The Morgan fingerprint density at radius 2 is 1.62 bits per heavy atom. The van der Waals surface area contributed by atoms with Crippen LogP contribution in [-0.2, 0) is 17.4 Å². The summed E-state index contributed by atoms with van der Waals surface area (Å²) < 4.78 is 40.1. The highest BCUT2D eigenvalue weighted by Gasteiger charge is 2.32. The molecule has 39 heavy (non-hydrogen) atoms. The standard InChI is InChI=1S/C30H26F3N3O3/c1-19(37)34-28-9-5-8-23(35-28)15-17-27(38)21-10-13-24(14-11-21)36-29(39)26-18-22(30(31,32)33)12-16-25(26)20-6-3-2-4-7-20/h2-14,16,18,27,38H,15,17H2,1H3,(H,36,39)(H,34,35,37). The van der Waals surface area contributed by atoms with E-state index in [4.69, 9.17) is 0 Å². The van der Waals surface area contributed by atoms with Crippen molar-refractivity contribution in [3.05, 3.63) is 113 Å². The third-order valence-electron chi connectivity index (χ3n) is 6.01. The molecular weight excluding hydrogens is 507 g/mol. The van der Waals surface area contributed by atoms with Gasteiger partial charge in [-0.2, -0.15) is 13.2 Å². The number of aryl methyl sites for hydroxylation is 1. The van der Waals surface area contributed by atoms with Gasteiger partial charge in [0.2, 0.25) is 5.91 Å². The molecule has 2 amide bonds. The molecule has 4 rings (SSSR count). The molecule has 0 aliphatic carbocycles. The number of pyridine rings is 1. The lowest BCUT2D eigenvalue weighted by Gasteiger charge is -2.15. The first-order valence-corrected chi connectivity index (χ1v) is 12.2. The summed E-state index contributed by atoms with van der Waals surface area (Å²) in [6.07, 6.45) is -4.57. The van der Waals surface area contributed by atoms with Gasteiger partial charge in [-0.05, 0) is 65.9 Å². The Labute approximate surface area is 223 Å². The van der Waals surface area contributed by atoms with E-state index in [2.05, 4.69) is 15.6 Å². The average molecular weight is 534 g/mol. The van der Waals surface area contributed by atoms with Gasteiger partial charge in [-0.15, -0.1) is 0 Å². The van der Waals surface area contributed by atoms with Crippen LogP contribution in [0.5, 0.6) is 0 Å². The topological polar surface area (TPSA) is 91.3 Å². The molecule has 200 valence electrons. The second-order valence-corrected chi connectivity index (χ2v) is 8.95. The summed E-state index contributed by atoms with van der Waals surface area (Å²) in [5.41, 5.74) is 1.67. The van der Waals surface area contributed by atoms with Crippen LogP contribution < -0.4 is 10.6 Å². The summed E-state index contributed by atoms with van der Waals surface area (Å²) in [5, 5.41) is 15.9. The normalized spacial score (nSPS) is 12.0. The molecule has 6 nitrogen and oxygen atoms in total. The maximum Gasteiger partial charge on any atom is 0.416 e. The van der Waals surface area contributed by atoms with Crippen LogP contribution in [0.3, 0.4) is 0 Å². The molecule has 0 bridgehead atoms. The van der Waals surface area contributed by atoms with Crippen molar-refractivity contribution in [1.82, 2.24) is 4.98 Å². The molecule has 1 aromatic heterocycles. The quantitative estimate of drug-likeness (QED) is 0.237. The number of aliphatic hydroxyl groups excluding tert-OH is 1. The molecular formula is C30H26F3N3O3. The smallest absolute Gasteiger partial charge is 0.388 e. The van der Waals surface area contributed by atoms with Gasteiger partial charge in [0.15, 0.2) is 0 Å². The molecule has 1 unspecified atom stereocenters. The number of hydrogen-bond donors (Lipinski definition) is 3. The van der Waals surface area contributed by atoms with Crippen LogP contribution in [0.2, 0.25) is 0 Å². The van der Waals surface area contributed by atoms with Crippen LogP contribution in [0.1, 0.15) is 46.6 Å². The van der Waals surface area contributed by atoms with Gasteiger partial charge < -0.3 is 15.7 Å². The van der Waals surface area contributed by atoms with Crippen LogP contribution in [0, 0.1) is 0 Å². The van der Waals surface area contributed by atoms with Crippen molar-refractivity contribution in [2.45, 2.75) is 32.0 Å². The number of aliphatic hydroxyl groups is 1. The molecule has 0 aliphatic heterocycles. The number of nitrogens with zero attached hydrogens (tertiary/aromatic N) is 1. The monoisotopic (exact) mass is 533 g/mol. The summed E-state index contributed by atoms with van der Waals surface area (Å²) in [6, 6.07) is 23.5. The van der Waals surface area contributed by atoms with E-state index in [1.807, 2.05) is 0 Å². The predicted molar refractivity (Wildman–Crippen MR) is 143 cm³/mol. The molecule has 3 N–H and O–H groups in total. The van der Waals surface area contributed by atoms with Crippen molar-refractivity contribution in [2.75, 3.05) is 10.6 Å². The van der Waals surface area contributed by atoms with E-state index < -0.39 is 23.8 Å². The number of alkyl halides is 3. The zero-order valence-electron chi connectivity index (χ0n) is 21.0. The van der Waals surface area contributed by atoms with E-state index in [1.54, 1.807) is 72.8 Å². The van der Waals surface area contributed by atoms with Gasteiger partial charge in [-0.3, -0.25) is 9.59 Å². The molecule has 4 aromatic rings. The van der Waals surface area contributed by atoms with Crippen molar-refractivity contribution in [1.29, 1.82) is 0 Å². The fourth-order valence-electron chi connectivity index (χ4n) is 4.08. The van der Waals surface area contributed by atoms with Crippen molar-refractivity contribution in [2.24, 2.45) is 0 Å². The summed E-state index contributed by atoms with van der Waals surface area (Å²) in [6.45, 7) is 1.39.